The third-order valence-corrected chi connectivity index (χ3v) is 7.27. The number of nitrogens with zero attached hydrogens (tertiary/aromatic N) is 2. The van der Waals surface area contributed by atoms with Crippen LogP contribution >= 0.6 is 46.4 Å². The van der Waals surface area contributed by atoms with Crippen LogP contribution in [0.4, 0.5) is 5.82 Å². The standard InChI is InChI=1S/C19H12N4O2S3.ClH/c1-9-14(18(25)23-17(9)24)20-15-10-8-13(11-4-2-6-26-11)28-19(10)22-16(21-15)12-5-3-7-27-12;/h2-8H,1H3,(H2,20,21,22,23,24,25);1H. The number of hydrogen-bond donors (Lipinski definition) is 2. The lowest BCUT2D eigenvalue weighted by Crippen LogP contribution is -2.24. The number of imide groups is 1. The Morgan fingerprint density at radius 1 is 0.966 bits per heavy atom. The molecule has 5 heterocycles. The van der Waals surface area contributed by atoms with E-state index in [1.54, 1.807) is 40.9 Å². The van der Waals surface area contributed by atoms with Gasteiger partial charge in [0.1, 0.15) is 16.3 Å². The van der Waals surface area contributed by atoms with Crippen molar-refractivity contribution in [1.82, 2.24) is 15.3 Å². The van der Waals surface area contributed by atoms with Crippen LogP contribution in [0.25, 0.3) is 30.7 Å². The molecule has 5 rings (SSSR count). The minimum atomic E-state index is -0.444. The molecular formula is C19H13ClN4O2S3. The molecule has 0 aliphatic carbocycles. The molecule has 0 radical (unpaired) electrons. The maximum absolute atomic E-state index is 12.2. The molecule has 4 aromatic rings. The number of carbonyl (C=O) groups excluding carboxylic acids is 2. The second kappa shape index (κ2) is 7.68. The van der Waals surface area contributed by atoms with Gasteiger partial charge in [-0.2, -0.15) is 0 Å². The first-order chi connectivity index (χ1) is 13.6. The zero-order valence-corrected chi connectivity index (χ0v) is 18.2. The van der Waals surface area contributed by atoms with E-state index in [0.29, 0.717) is 17.2 Å². The number of hydrogen-bond acceptors (Lipinski definition) is 8. The topological polar surface area (TPSA) is 84.0 Å². The Hall–Kier alpha value is -2.59. The smallest absolute Gasteiger partial charge is 0.275 e. The van der Waals surface area contributed by atoms with Crippen molar-refractivity contribution in [2.24, 2.45) is 0 Å². The average Bonchev–Trinajstić information content (AvgIpc) is 3.46. The van der Waals surface area contributed by atoms with Crippen LogP contribution in [-0.2, 0) is 9.59 Å². The molecule has 1 aliphatic heterocycles. The van der Waals surface area contributed by atoms with Crippen molar-refractivity contribution in [3.63, 3.8) is 0 Å². The number of halogens is 1. The summed E-state index contributed by atoms with van der Waals surface area (Å²) in [6.45, 7) is 1.62. The van der Waals surface area contributed by atoms with E-state index in [0.717, 1.165) is 24.8 Å². The Morgan fingerprint density at radius 3 is 2.31 bits per heavy atom. The number of nitrogens with one attached hydrogen (secondary N) is 2. The summed E-state index contributed by atoms with van der Waals surface area (Å²) in [6, 6.07) is 10.00. The third-order valence-electron chi connectivity index (χ3n) is 4.31. The van der Waals surface area contributed by atoms with E-state index in [1.807, 2.05) is 35.0 Å². The number of anilines is 1. The summed E-state index contributed by atoms with van der Waals surface area (Å²) in [7, 11) is 0. The van der Waals surface area contributed by atoms with Gasteiger partial charge in [0, 0.05) is 15.3 Å². The molecule has 2 amide bonds. The molecule has 4 aromatic heterocycles. The summed E-state index contributed by atoms with van der Waals surface area (Å²) in [5.41, 5.74) is 0.578. The summed E-state index contributed by atoms with van der Waals surface area (Å²) in [6.07, 6.45) is 0. The SMILES string of the molecule is CC1=C(Nc2nc(-c3cccs3)nc3sc(-c4cccs4)cc23)C(=O)NC1=O.Cl. The number of thiophene rings is 3. The number of amides is 2. The fourth-order valence-electron chi connectivity index (χ4n) is 2.88. The van der Waals surface area contributed by atoms with Crippen molar-refractivity contribution in [3.8, 4) is 20.5 Å². The highest BCUT2D eigenvalue weighted by Crippen LogP contribution is 2.39. The van der Waals surface area contributed by atoms with Crippen LogP contribution in [0.2, 0.25) is 0 Å². The molecule has 0 aromatic carbocycles. The highest BCUT2D eigenvalue weighted by atomic mass is 35.5. The summed E-state index contributed by atoms with van der Waals surface area (Å²) < 4.78 is 0. The van der Waals surface area contributed by atoms with E-state index in [1.165, 1.54) is 0 Å². The fraction of sp³-hybridized carbons (Fsp3) is 0.0526. The predicted molar refractivity (Wildman–Crippen MR) is 121 cm³/mol. The molecule has 29 heavy (non-hydrogen) atoms. The summed E-state index contributed by atoms with van der Waals surface area (Å²) in [5.74, 6) is 0.278. The molecule has 0 unspecified atom stereocenters. The summed E-state index contributed by atoms with van der Waals surface area (Å²) in [4.78, 5) is 37.4. The van der Waals surface area contributed by atoms with E-state index in [9.17, 15) is 9.59 Å². The van der Waals surface area contributed by atoms with Crippen LogP contribution in [0.3, 0.4) is 0 Å². The van der Waals surface area contributed by atoms with E-state index in [-0.39, 0.29) is 24.0 Å². The van der Waals surface area contributed by atoms with Gasteiger partial charge in [-0.15, -0.1) is 46.4 Å². The van der Waals surface area contributed by atoms with E-state index in [2.05, 4.69) is 21.7 Å². The zero-order chi connectivity index (χ0) is 19.3. The molecule has 6 nitrogen and oxygen atoms in total. The number of fused-ring (bicyclic) bond motifs is 1. The van der Waals surface area contributed by atoms with Crippen LogP contribution in [0, 0.1) is 0 Å². The van der Waals surface area contributed by atoms with Gasteiger partial charge in [-0.25, -0.2) is 9.97 Å². The summed E-state index contributed by atoms with van der Waals surface area (Å²) >= 11 is 4.79. The van der Waals surface area contributed by atoms with E-state index in [4.69, 9.17) is 4.98 Å². The average molecular weight is 461 g/mol. The molecular weight excluding hydrogens is 448 g/mol. The van der Waals surface area contributed by atoms with Crippen LogP contribution in [-0.4, -0.2) is 21.8 Å². The van der Waals surface area contributed by atoms with Gasteiger partial charge in [-0.05, 0) is 35.9 Å². The number of aromatic nitrogens is 2. The van der Waals surface area contributed by atoms with Crippen molar-refractivity contribution >= 4 is 74.3 Å². The van der Waals surface area contributed by atoms with Gasteiger partial charge in [0.2, 0.25) is 0 Å². The zero-order valence-electron chi connectivity index (χ0n) is 14.9. The Bertz CT molecular complexity index is 1260. The first kappa shape index (κ1) is 19.7. The Balaban J connectivity index is 0.00000205. The van der Waals surface area contributed by atoms with Gasteiger partial charge in [0.05, 0.1) is 10.3 Å². The van der Waals surface area contributed by atoms with E-state index < -0.39 is 5.91 Å². The van der Waals surface area contributed by atoms with Gasteiger partial charge in [-0.1, -0.05) is 12.1 Å². The van der Waals surface area contributed by atoms with Gasteiger partial charge < -0.3 is 5.32 Å². The number of carbonyl (C=O) groups is 2. The molecule has 0 bridgehead atoms. The third kappa shape index (κ3) is 3.46. The van der Waals surface area contributed by atoms with E-state index >= 15 is 0 Å². The van der Waals surface area contributed by atoms with Crippen molar-refractivity contribution < 1.29 is 9.59 Å². The van der Waals surface area contributed by atoms with Crippen LogP contribution < -0.4 is 10.6 Å². The Morgan fingerprint density at radius 2 is 1.69 bits per heavy atom. The maximum Gasteiger partial charge on any atom is 0.275 e. The second-order valence-electron chi connectivity index (χ2n) is 6.09. The lowest BCUT2D eigenvalue weighted by Gasteiger charge is -2.08. The lowest BCUT2D eigenvalue weighted by atomic mass is 10.2. The fourth-order valence-corrected chi connectivity index (χ4v) is 5.40. The highest BCUT2D eigenvalue weighted by Gasteiger charge is 2.28. The largest absolute Gasteiger partial charge is 0.335 e. The summed E-state index contributed by atoms with van der Waals surface area (Å²) in [5, 5.41) is 10.2. The molecule has 0 fully saturated rings. The normalized spacial score (nSPS) is 13.7. The predicted octanol–water partition coefficient (Wildman–Crippen LogP) is 4.91. The molecule has 0 saturated heterocycles. The molecule has 1 aliphatic rings. The minimum Gasteiger partial charge on any atom is -0.335 e. The number of rotatable bonds is 4. The van der Waals surface area contributed by atoms with Gasteiger partial charge >= 0.3 is 0 Å². The highest BCUT2D eigenvalue weighted by molar-refractivity contribution is 7.25. The van der Waals surface area contributed by atoms with Gasteiger partial charge in [0.15, 0.2) is 5.82 Å². The maximum atomic E-state index is 12.2. The van der Waals surface area contributed by atoms with Gasteiger partial charge in [-0.3, -0.25) is 14.9 Å². The van der Waals surface area contributed by atoms with Gasteiger partial charge in [0.25, 0.3) is 11.8 Å². The first-order valence-electron chi connectivity index (χ1n) is 8.33. The monoisotopic (exact) mass is 460 g/mol. The van der Waals surface area contributed by atoms with Crippen molar-refractivity contribution in [1.29, 1.82) is 0 Å². The molecule has 0 atom stereocenters. The quantitative estimate of drug-likeness (QED) is 0.422. The van der Waals surface area contributed by atoms with Crippen LogP contribution in [0.5, 0.6) is 0 Å². The first-order valence-corrected chi connectivity index (χ1v) is 10.9. The van der Waals surface area contributed by atoms with Crippen molar-refractivity contribution in [2.45, 2.75) is 6.92 Å². The Kier molecular flexibility index (Phi) is 5.22. The second-order valence-corrected chi connectivity index (χ2v) is 9.01. The molecule has 2 N–H and O–H groups in total. The lowest BCUT2D eigenvalue weighted by molar-refractivity contribution is -0.124. The van der Waals surface area contributed by atoms with Crippen LogP contribution in [0.1, 0.15) is 6.92 Å². The Labute approximate surface area is 183 Å². The molecule has 146 valence electrons. The van der Waals surface area contributed by atoms with Crippen molar-refractivity contribution in [3.05, 3.63) is 52.4 Å². The molecule has 0 spiro atoms. The molecule has 0 saturated carbocycles. The van der Waals surface area contributed by atoms with Crippen LogP contribution in [0.15, 0.2) is 52.4 Å². The van der Waals surface area contributed by atoms with Crippen molar-refractivity contribution in [2.75, 3.05) is 5.32 Å². The molecule has 10 heteroatoms. The minimum absolute atomic E-state index is 0.